The van der Waals surface area contributed by atoms with E-state index >= 15 is 0 Å². The molecule has 7 nitrogen and oxygen atoms in total. The average molecular weight is 503 g/mol. The molecule has 0 radical (unpaired) electrons. The van der Waals surface area contributed by atoms with Gasteiger partial charge in [-0.25, -0.2) is 0 Å². The molecule has 0 spiro atoms. The summed E-state index contributed by atoms with van der Waals surface area (Å²) >= 11 is 5.44. The number of anilines is 2. The second kappa shape index (κ2) is 11.7. The van der Waals surface area contributed by atoms with Crippen LogP contribution in [0, 0.1) is 0 Å². The topological polar surface area (TPSA) is 73.9 Å². The fourth-order valence-corrected chi connectivity index (χ4v) is 4.28. The van der Waals surface area contributed by atoms with Crippen molar-refractivity contribution in [1.29, 1.82) is 0 Å². The maximum Gasteiger partial charge on any atom is 0.257 e. The molecule has 3 aromatic carbocycles. The van der Waals surface area contributed by atoms with Gasteiger partial charge in [-0.2, -0.15) is 0 Å². The van der Waals surface area contributed by atoms with Crippen molar-refractivity contribution in [1.82, 2.24) is 10.2 Å². The molecule has 2 amide bonds. The van der Waals surface area contributed by atoms with Gasteiger partial charge in [0.2, 0.25) is 0 Å². The highest BCUT2D eigenvalue weighted by Crippen LogP contribution is 2.27. The van der Waals surface area contributed by atoms with Gasteiger partial charge in [-0.1, -0.05) is 36.4 Å². The molecule has 0 saturated carbocycles. The van der Waals surface area contributed by atoms with Gasteiger partial charge in [0.15, 0.2) is 5.11 Å². The number of ether oxygens (including phenoxy) is 1. The van der Waals surface area contributed by atoms with Crippen LogP contribution in [0.1, 0.15) is 34.6 Å². The van der Waals surface area contributed by atoms with Gasteiger partial charge in [0.05, 0.1) is 17.5 Å². The minimum absolute atomic E-state index is 0.0147. The fourth-order valence-electron chi connectivity index (χ4n) is 4.08. The summed E-state index contributed by atoms with van der Waals surface area (Å²) in [6, 6.07) is 24.2. The number of hydrogen-bond acceptors (Lipinski definition) is 5. The van der Waals surface area contributed by atoms with Crippen LogP contribution in [0.3, 0.4) is 0 Å². The van der Waals surface area contributed by atoms with Crippen LogP contribution in [-0.4, -0.2) is 54.1 Å². The first-order chi connectivity index (χ1) is 17.4. The van der Waals surface area contributed by atoms with E-state index in [4.69, 9.17) is 17.0 Å². The largest absolute Gasteiger partial charge is 0.491 e. The highest BCUT2D eigenvalue weighted by molar-refractivity contribution is 7.80. The van der Waals surface area contributed by atoms with Crippen LogP contribution in [0.2, 0.25) is 0 Å². The Morgan fingerprint density at radius 1 is 0.861 bits per heavy atom. The molecular weight excluding hydrogens is 472 g/mol. The molecule has 0 aromatic heterocycles. The van der Waals surface area contributed by atoms with E-state index in [1.807, 2.05) is 79.4 Å². The number of nitrogens with zero attached hydrogens (tertiary/aromatic N) is 2. The quantitative estimate of drug-likeness (QED) is 0.482. The predicted molar refractivity (Wildman–Crippen MR) is 147 cm³/mol. The first-order valence-electron chi connectivity index (χ1n) is 12.0. The van der Waals surface area contributed by atoms with E-state index in [0.717, 1.165) is 11.4 Å². The Hall–Kier alpha value is -3.91. The average Bonchev–Trinajstić information content (AvgIpc) is 2.89. The standard InChI is InChI=1S/C28H30N4O3S/c1-20(2)35-23-12-8-11-22(19-23)26(33)30-28(36)29-24-13-6-7-14-25(24)31-15-17-32(18-16-31)27(34)21-9-4-3-5-10-21/h3-14,19-20H,15-18H2,1-2H3,(H2,29,30,33,36). The first-order valence-corrected chi connectivity index (χ1v) is 12.4. The van der Waals surface area contributed by atoms with Gasteiger partial charge >= 0.3 is 0 Å². The minimum atomic E-state index is -0.313. The van der Waals surface area contributed by atoms with Crippen LogP contribution >= 0.6 is 12.2 Å². The molecule has 1 saturated heterocycles. The summed E-state index contributed by atoms with van der Waals surface area (Å²) < 4.78 is 5.68. The number of piperazine rings is 1. The number of amides is 2. The summed E-state index contributed by atoms with van der Waals surface area (Å²) in [5.41, 5.74) is 2.93. The number of thiocarbonyl (C=S) groups is 1. The van der Waals surface area contributed by atoms with Crippen molar-refractivity contribution in [2.75, 3.05) is 36.4 Å². The molecule has 0 aliphatic carbocycles. The van der Waals surface area contributed by atoms with E-state index in [0.29, 0.717) is 43.1 Å². The van der Waals surface area contributed by atoms with Crippen LogP contribution in [0.15, 0.2) is 78.9 Å². The zero-order valence-electron chi connectivity index (χ0n) is 20.4. The number of nitrogens with one attached hydrogen (secondary N) is 2. The van der Waals surface area contributed by atoms with Crippen molar-refractivity contribution in [2.45, 2.75) is 20.0 Å². The Morgan fingerprint density at radius 2 is 1.53 bits per heavy atom. The summed E-state index contributed by atoms with van der Waals surface area (Å²) in [4.78, 5) is 29.6. The molecule has 0 atom stereocenters. The predicted octanol–water partition coefficient (Wildman–Crippen LogP) is 4.56. The second-order valence-corrected chi connectivity index (χ2v) is 9.17. The van der Waals surface area contributed by atoms with Gasteiger partial charge in [0.1, 0.15) is 5.75 Å². The highest BCUT2D eigenvalue weighted by atomic mass is 32.1. The normalized spacial score (nSPS) is 13.3. The summed E-state index contributed by atoms with van der Waals surface area (Å²) in [5.74, 6) is 0.368. The fraction of sp³-hybridized carbons (Fsp3) is 0.250. The molecule has 4 rings (SSSR count). The van der Waals surface area contributed by atoms with Crippen molar-refractivity contribution in [2.24, 2.45) is 0 Å². The molecule has 1 heterocycles. The lowest BCUT2D eigenvalue weighted by molar-refractivity contribution is 0.0746. The van der Waals surface area contributed by atoms with Gasteiger partial charge in [-0.05, 0) is 68.5 Å². The van der Waals surface area contributed by atoms with Gasteiger partial charge in [0, 0.05) is 37.3 Å². The molecule has 1 fully saturated rings. The third-order valence-electron chi connectivity index (χ3n) is 5.78. The van der Waals surface area contributed by atoms with Crippen molar-refractivity contribution in [3.8, 4) is 5.75 Å². The highest BCUT2D eigenvalue weighted by Gasteiger charge is 2.23. The van der Waals surface area contributed by atoms with Crippen molar-refractivity contribution in [3.05, 3.63) is 90.0 Å². The van der Waals surface area contributed by atoms with E-state index < -0.39 is 0 Å². The van der Waals surface area contributed by atoms with Crippen LogP contribution in [0.4, 0.5) is 11.4 Å². The second-order valence-electron chi connectivity index (χ2n) is 8.77. The minimum Gasteiger partial charge on any atom is -0.491 e. The van der Waals surface area contributed by atoms with Crippen LogP contribution in [-0.2, 0) is 0 Å². The van der Waals surface area contributed by atoms with Crippen molar-refractivity contribution >= 4 is 40.5 Å². The SMILES string of the molecule is CC(C)Oc1cccc(C(=O)NC(=S)Nc2ccccc2N2CCN(C(=O)c3ccccc3)CC2)c1. The molecule has 0 bridgehead atoms. The summed E-state index contributed by atoms with van der Waals surface area (Å²) in [6.45, 7) is 6.50. The first kappa shape index (κ1) is 25.2. The van der Waals surface area contributed by atoms with Crippen LogP contribution in [0.25, 0.3) is 0 Å². The third-order valence-corrected chi connectivity index (χ3v) is 5.98. The Kier molecular flexibility index (Phi) is 8.17. The maximum atomic E-state index is 12.8. The molecule has 2 N–H and O–H groups in total. The van der Waals surface area contributed by atoms with Gasteiger partial charge in [-0.15, -0.1) is 0 Å². The molecular formula is C28H30N4O3S. The van der Waals surface area contributed by atoms with Gasteiger partial charge in [-0.3, -0.25) is 14.9 Å². The Bertz CT molecular complexity index is 1220. The number of carbonyl (C=O) groups is 2. The molecule has 8 heteroatoms. The number of para-hydroxylation sites is 2. The lowest BCUT2D eigenvalue weighted by Crippen LogP contribution is -2.49. The van der Waals surface area contributed by atoms with Crippen molar-refractivity contribution in [3.63, 3.8) is 0 Å². The zero-order chi connectivity index (χ0) is 25.5. The Balaban J connectivity index is 1.37. The van der Waals surface area contributed by atoms with E-state index in [-0.39, 0.29) is 23.0 Å². The number of carbonyl (C=O) groups excluding carboxylic acids is 2. The van der Waals surface area contributed by atoms with E-state index in [1.54, 1.807) is 18.2 Å². The summed E-state index contributed by atoms with van der Waals surface area (Å²) in [7, 11) is 0. The van der Waals surface area contributed by atoms with E-state index in [2.05, 4.69) is 15.5 Å². The number of rotatable bonds is 6. The third kappa shape index (κ3) is 6.40. The summed E-state index contributed by atoms with van der Waals surface area (Å²) in [6.07, 6.45) is 0.0147. The lowest BCUT2D eigenvalue weighted by atomic mass is 10.1. The molecule has 186 valence electrons. The van der Waals surface area contributed by atoms with E-state index in [1.165, 1.54) is 0 Å². The maximum absolute atomic E-state index is 12.8. The van der Waals surface area contributed by atoms with Crippen LogP contribution < -0.4 is 20.3 Å². The Labute approximate surface area is 217 Å². The molecule has 36 heavy (non-hydrogen) atoms. The number of hydrogen-bond donors (Lipinski definition) is 2. The smallest absolute Gasteiger partial charge is 0.257 e. The van der Waals surface area contributed by atoms with Crippen LogP contribution in [0.5, 0.6) is 5.75 Å². The van der Waals surface area contributed by atoms with Gasteiger partial charge in [0.25, 0.3) is 11.8 Å². The lowest BCUT2D eigenvalue weighted by Gasteiger charge is -2.37. The monoisotopic (exact) mass is 502 g/mol. The molecule has 3 aromatic rings. The zero-order valence-corrected chi connectivity index (χ0v) is 21.3. The van der Waals surface area contributed by atoms with Gasteiger partial charge < -0.3 is 19.9 Å². The molecule has 0 unspecified atom stereocenters. The molecule has 1 aliphatic heterocycles. The Morgan fingerprint density at radius 3 is 2.25 bits per heavy atom. The van der Waals surface area contributed by atoms with Crippen molar-refractivity contribution < 1.29 is 14.3 Å². The number of benzene rings is 3. The van der Waals surface area contributed by atoms with E-state index in [9.17, 15) is 9.59 Å². The molecule has 1 aliphatic rings. The summed E-state index contributed by atoms with van der Waals surface area (Å²) in [5, 5.41) is 6.12.